The van der Waals surface area contributed by atoms with E-state index in [0.717, 1.165) is 12.8 Å². The van der Waals surface area contributed by atoms with E-state index in [4.69, 9.17) is 21.1 Å². The molecule has 0 saturated heterocycles. The van der Waals surface area contributed by atoms with Crippen LogP contribution < -0.4 is 4.74 Å². The van der Waals surface area contributed by atoms with E-state index in [9.17, 15) is 9.59 Å². The van der Waals surface area contributed by atoms with E-state index in [-0.39, 0.29) is 5.97 Å². The highest BCUT2D eigenvalue weighted by atomic mass is 35.5. The Morgan fingerprint density at radius 3 is 2.07 bits per heavy atom. The van der Waals surface area contributed by atoms with Crippen LogP contribution in [-0.2, 0) is 4.74 Å². The van der Waals surface area contributed by atoms with Gasteiger partial charge in [-0.25, -0.2) is 9.59 Å². The Hall–Kier alpha value is -2.33. The van der Waals surface area contributed by atoms with Gasteiger partial charge in [0, 0.05) is 5.02 Å². The quantitative estimate of drug-likeness (QED) is 0.245. The second-order valence-corrected chi connectivity index (χ2v) is 7.12. The fourth-order valence-electron chi connectivity index (χ4n) is 2.75. The first-order valence-corrected chi connectivity index (χ1v) is 10.2. The molecule has 0 aliphatic heterocycles. The van der Waals surface area contributed by atoms with Gasteiger partial charge >= 0.3 is 11.9 Å². The molecule has 0 spiro atoms. The van der Waals surface area contributed by atoms with Crippen LogP contribution in [0, 0.1) is 0 Å². The summed E-state index contributed by atoms with van der Waals surface area (Å²) in [6.07, 6.45) is 8.19. The van der Waals surface area contributed by atoms with Crippen LogP contribution in [0.15, 0.2) is 48.5 Å². The summed E-state index contributed by atoms with van der Waals surface area (Å²) in [5.41, 5.74) is 0.769. The number of hydrogen-bond acceptors (Lipinski definition) is 4. The van der Waals surface area contributed by atoms with Crippen molar-refractivity contribution in [2.24, 2.45) is 0 Å². The van der Waals surface area contributed by atoms with Gasteiger partial charge in [0.05, 0.1) is 17.7 Å². The van der Waals surface area contributed by atoms with Crippen molar-refractivity contribution in [3.05, 3.63) is 64.7 Å². The molecule has 0 N–H and O–H groups in total. The molecule has 0 fully saturated rings. The molecule has 0 unspecified atom stereocenters. The second kappa shape index (κ2) is 12.2. The largest absolute Gasteiger partial charge is 0.462 e. The van der Waals surface area contributed by atoms with Crippen LogP contribution in [0.2, 0.25) is 5.02 Å². The van der Waals surface area contributed by atoms with Gasteiger partial charge in [-0.1, -0.05) is 63.1 Å². The lowest BCUT2D eigenvalue weighted by atomic mass is 10.1. The van der Waals surface area contributed by atoms with Crippen molar-refractivity contribution in [2.45, 2.75) is 51.9 Å². The summed E-state index contributed by atoms with van der Waals surface area (Å²) >= 11 is 5.88. The van der Waals surface area contributed by atoms with Gasteiger partial charge in [0.2, 0.25) is 0 Å². The third kappa shape index (κ3) is 7.73. The minimum absolute atomic E-state index is 0.351. The molecule has 0 aliphatic carbocycles. The molecule has 2 aromatic carbocycles. The molecular weight excluding hydrogens is 376 g/mol. The number of carbonyl (C=O) groups is 2. The van der Waals surface area contributed by atoms with Crippen LogP contribution in [-0.4, -0.2) is 18.5 Å². The first-order valence-electron chi connectivity index (χ1n) is 9.85. The van der Waals surface area contributed by atoms with E-state index >= 15 is 0 Å². The minimum atomic E-state index is -0.509. The number of hydrogen-bond donors (Lipinski definition) is 0. The zero-order valence-corrected chi connectivity index (χ0v) is 17.0. The van der Waals surface area contributed by atoms with Crippen LogP contribution >= 0.6 is 11.6 Å². The van der Waals surface area contributed by atoms with Crippen molar-refractivity contribution in [1.82, 2.24) is 0 Å². The van der Waals surface area contributed by atoms with Gasteiger partial charge in [0.25, 0.3) is 0 Å². The van der Waals surface area contributed by atoms with E-state index in [1.165, 1.54) is 32.1 Å². The molecule has 28 heavy (non-hydrogen) atoms. The Kier molecular flexibility index (Phi) is 9.56. The van der Waals surface area contributed by atoms with Crippen LogP contribution in [0.5, 0.6) is 5.75 Å². The van der Waals surface area contributed by atoms with Crippen molar-refractivity contribution in [3.8, 4) is 5.75 Å². The van der Waals surface area contributed by atoms with Crippen LogP contribution in [0.3, 0.4) is 0 Å². The third-order valence-corrected chi connectivity index (χ3v) is 4.58. The number of unbranched alkanes of at least 4 members (excludes halogenated alkanes) is 6. The zero-order valence-electron chi connectivity index (χ0n) is 16.3. The third-order valence-electron chi connectivity index (χ3n) is 4.34. The van der Waals surface area contributed by atoms with Gasteiger partial charge < -0.3 is 9.47 Å². The lowest BCUT2D eigenvalue weighted by Gasteiger charge is -2.07. The number of ether oxygens (including phenoxy) is 2. The molecule has 0 atom stereocenters. The average Bonchev–Trinajstić information content (AvgIpc) is 2.70. The Labute approximate surface area is 171 Å². The van der Waals surface area contributed by atoms with Gasteiger partial charge in [-0.15, -0.1) is 0 Å². The molecule has 0 saturated carbocycles. The summed E-state index contributed by atoms with van der Waals surface area (Å²) in [7, 11) is 0. The predicted octanol–water partition coefficient (Wildman–Crippen LogP) is 6.47. The molecule has 2 aromatic rings. The van der Waals surface area contributed by atoms with Crippen molar-refractivity contribution in [1.29, 1.82) is 0 Å². The van der Waals surface area contributed by atoms with Crippen molar-refractivity contribution < 1.29 is 19.1 Å². The van der Waals surface area contributed by atoms with Crippen LogP contribution in [0.1, 0.15) is 72.6 Å². The maximum Gasteiger partial charge on any atom is 0.343 e. The lowest BCUT2D eigenvalue weighted by Crippen LogP contribution is -2.10. The van der Waals surface area contributed by atoms with Crippen LogP contribution in [0.4, 0.5) is 0 Å². The van der Waals surface area contributed by atoms with E-state index in [1.807, 2.05) is 0 Å². The molecule has 0 aliphatic rings. The predicted molar refractivity (Wildman–Crippen MR) is 111 cm³/mol. The molecular formula is C23H27ClO4. The maximum atomic E-state index is 12.2. The summed E-state index contributed by atoms with van der Waals surface area (Å²) < 4.78 is 10.6. The second-order valence-electron chi connectivity index (χ2n) is 6.68. The molecule has 0 radical (unpaired) electrons. The van der Waals surface area contributed by atoms with E-state index in [0.29, 0.717) is 28.5 Å². The Bertz CT molecular complexity index is 755. The van der Waals surface area contributed by atoms with Gasteiger partial charge in [-0.05, 0) is 48.9 Å². The highest BCUT2D eigenvalue weighted by molar-refractivity contribution is 6.30. The molecule has 0 heterocycles. The normalized spacial score (nSPS) is 10.5. The summed E-state index contributed by atoms with van der Waals surface area (Å²) in [6, 6.07) is 12.9. The maximum absolute atomic E-state index is 12.2. The topological polar surface area (TPSA) is 52.6 Å². The zero-order chi connectivity index (χ0) is 20.2. The monoisotopic (exact) mass is 402 g/mol. The summed E-state index contributed by atoms with van der Waals surface area (Å²) in [5.74, 6) is -0.512. The standard InChI is InChI=1S/C23H27ClO4/c1-2-3-4-5-6-7-8-16-27-22(25)18-12-14-19(15-13-18)23(26)28-21-11-9-10-20(24)17-21/h9-15,17H,2-8,16H2,1H3. The van der Waals surface area contributed by atoms with E-state index in [1.54, 1.807) is 48.5 Å². The lowest BCUT2D eigenvalue weighted by molar-refractivity contribution is 0.0497. The number of rotatable bonds is 11. The van der Waals surface area contributed by atoms with Crippen molar-refractivity contribution >= 4 is 23.5 Å². The highest BCUT2D eigenvalue weighted by Gasteiger charge is 2.12. The SMILES string of the molecule is CCCCCCCCCOC(=O)c1ccc(C(=O)Oc2cccc(Cl)c2)cc1. The first-order chi connectivity index (χ1) is 13.6. The van der Waals surface area contributed by atoms with Gasteiger partial charge in [-0.3, -0.25) is 0 Å². The smallest absolute Gasteiger partial charge is 0.343 e. The van der Waals surface area contributed by atoms with Crippen molar-refractivity contribution in [2.75, 3.05) is 6.61 Å². The minimum Gasteiger partial charge on any atom is -0.462 e. The summed E-state index contributed by atoms with van der Waals surface area (Å²) in [4.78, 5) is 24.2. The average molecular weight is 403 g/mol. The Balaban J connectivity index is 1.73. The fourth-order valence-corrected chi connectivity index (χ4v) is 2.93. The Morgan fingerprint density at radius 1 is 0.821 bits per heavy atom. The molecule has 150 valence electrons. The molecule has 0 amide bonds. The molecule has 2 rings (SSSR count). The highest BCUT2D eigenvalue weighted by Crippen LogP contribution is 2.18. The Morgan fingerprint density at radius 2 is 1.43 bits per heavy atom. The van der Waals surface area contributed by atoms with E-state index in [2.05, 4.69) is 6.92 Å². The molecule has 0 bridgehead atoms. The number of esters is 2. The summed E-state index contributed by atoms with van der Waals surface area (Å²) in [5, 5.41) is 0.490. The van der Waals surface area contributed by atoms with Gasteiger partial charge in [0.1, 0.15) is 5.75 Å². The molecule has 0 aromatic heterocycles. The van der Waals surface area contributed by atoms with Gasteiger partial charge in [-0.2, -0.15) is 0 Å². The molecule has 5 heteroatoms. The number of halogens is 1. The van der Waals surface area contributed by atoms with Gasteiger partial charge in [0.15, 0.2) is 0 Å². The molecule has 4 nitrogen and oxygen atoms in total. The number of carbonyl (C=O) groups excluding carboxylic acids is 2. The first kappa shape index (κ1) is 22.0. The van der Waals surface area contributed by atoms with E-state index < -0.39 is 5.97 Å². The number of benzene rings is 2. The fraction of sp³-hybridized carbons (Fsp3) is 0.391. The van der Waals surface area contributed by atoms with Crippen LogP contribution in [0.25, 0.3) is 0 Å². The van der Waals surface area contributed by atoms with Crippen molar-refractivity contribution in [3.63, 3.8) is 0 Å². The summed E-state index contributed by atoms with van der Waals surface area (Å²) in [6.45, 7) is 2.62.